The van der Waals surface area contributed by atoms with Crippen molar-refractivity contribution in [1.29, 1.82) is 0 Å². The van der Waals surface area contributed by atoms with Gasteiger partial charge in [-0.3, -0.25) is 32.5 Å². The maximum atomic E-state index is 12.7. The Bertz CT molecular complexity index is 2030. The molecule has 324 valence electrons. The van der Waals surface area contributed by atoms with Crippen LogP contribution in [0.1, 0.15) is 26.5 Å². The first-order chi connectivity index (χ1) is 26.8. The Morgan fingerprint density at radius 2 is 1.72 bits per heavy atom. The van der Waals surface area contributed by atoms with E-state index < -0.39 is 101 Å². The zero-order valence-corrected chi connectivity index (χ0v) is 33.6. The minimum Gasteiger partial charge on any atom is -0.502 e. The number of ether oxygens (including phenoxy) is 1. The number of carboxylic acid groups (broad SMARTS) is 1. The van der Waals surface area contributed by atoms with E-state index in [0.29, 0.717) is 0 Å². The Balaban J connectivity index is 1.47. The fourth-order valence-electron chi connectivity index (χ4n) is 4.62. The van der Waals surface area contributed by atoms with Gasteiger partial charge >= 0.3 is 29.4 Å². The highest BCUT2D eigenvalue weighted by Gasteiger charge is 2.50. The van der Waals surface area contributed by atoms with Gasteiger partial charge in [0.05, 0.1) is 19.5 Å². The van der Waals surface area contributed by atoms with Gasteiger partial charge in [-0.1, -0.05) is 31.7 Å². The quantitative estimate of drug-likeness (QED) is 0.0216. The molecule has 0 aromatic carbocycles. The fraction of sp³-hybridized carbons (Fsp3) is 0.519. The Labute approximate surface area is 331 Å². The summed E-state index contributed by atoms with van der Waals surface area (Å²) in [5.41, 5.74) is 4.17. The molecule has 0 radical (unpaired) electrons. The van der Waals surface area contributed by atoms with E-state index in [1.165, 1.54) is 13.8 Å². The van der Waals surface area contributed by atoms with Crippen LogP contribution in [0.2, 0.25) is 0 Å². The van der Waals surface area contributed by atoms with E-state index in [2.05, 4.69) is 34.4 Å². The van der Waals surface area contributed by atoms with Gasteiger partial charge < -0.3 is 61.1 Å². The van der Waals surface area contributed by atoms with Crippen LogP contribution in [0.25, 0.3) is 11.2 Å². The predicted molar refractivity (Wildman–Crippen MR) is 195 cm³/mol. The molecule has 2 aromatic rings. The summed E-state index contributed by atoms with van der Waals surface area (Å²) in [5, 5.41) is 43.2. The second-order valence-corrected chi connectivity index (χ2v) is 17.8. The van der Waals surface area contributed by atoms with Crippen LogP contribution in [0.15, 0.2) is 36.6 Å². The highest BCUT2D eigenvalue weighted by molar-refractivity contribution is 8.14. The normalized spacial score (nSPS) is 21.7. The molecule has 31 heteroatoms. The molecule has 1 saturated heterocycles. The first kappa shape index (κ1) is 48.7. The molecule has 0 saturated carbocycles. The number of carbonyl (C=O) groups is 4. The van der Waals surface area contributed by atoms with Crippen LogP contribution in [-0.4, -0.2) is 139 Å². The molecule has 2 aromatic heterocycles. The number of anilines is 1. The number of aliphatic hydroxyl groups is 3. The van der Waals surface area contributed by atoms with Crippen molar-refractivity contribution in [2.45, 2.75) is 50.9 Å². The summed E-state index contributed by atoms with van der Waals surface area (Å²) in [5.74, 6) is -4.04. The lowest BCUT2D eigenvalue weighted by atomic mass is 9.87. The van der Waals surface area contributed by atoms with Crippen molar-refractivity contribution in [2.24, 2.45) is 5.41 Å². The number of nitrogen functional groups attached to an aromatic ring is 1. The van der Waals surface area contributed by atoms with Crippen molar-refractivity contribution in [3.63, 3.8) is 0 Å². The summed E-state index contributed by atoms with van der Waals surface area (Å²) in [7, 11) is -16.5. The lowest BCUT2D eigenvalue weighted by molar-refractivity contribution is -0.137. The number of nitrogens with one attached hydrogen (secondary N) is 2. The molecule has 1 aliphatic heterocycles. The predicted octanol–water partition coefficient (Wildman–Crippen LogP) is -1.25. The lowest BCUT2D eigenvalue weighted by Crippen LogP contribution is -2.46. The number of imidazole rings is 1. The summed E-state index contributed by atoms with van der Waals surface area (Å²) >= 11 is 0.785. The number of aromatic nitrogens is 4. The monoisotopic (exact) mass is 907 g/mol. The van der Waals surface area contributed by atoms with Crippen LogP contribution >= 0.6 is 35.2 Å². The van der Waals surface area contributed by atoms with E-state index in [0.717, 1.165) is 47.2 Å². The largest absolute Gasteiger partial charge is 0.502 e. The topological polar surface area (TPSA) is 421 Å². The van der Waals surface area contributed by atoms with Gasteiger partial charge in [0.25, 0.3) is 0 Å². The molecule has 2 amide bonds. The van der Waals surface area contributed by atoms with Crippen LogP contribution in [0.5, 0.6) is 0 Å². The van der Waals surface area contributed by atoms with Gasteiger partial charge in [0, 0.05) is 30.7 Å². The maximum Gasteiger partial charge on any atom is 0.481 e. The number of nitrogens with zero attached hydrogens (tertiary/aromatic N) is 4. The summed E-state index contributed by atoms with van der Waals surface area (Å²) in [4.78, 5) is 97.6. The molecule has 0 aliphatic carbocycles. The maximum absolute atomic E-state index is 12.7. The number of hydrogen-bond acceptors (Lipinski definition) is 20. The standard InChI is InChI=1S/C27H40N7O20P3S/c1-27(2,21(39)24(40)30-7-6-16(36)29-8-9-58-17(37)5-3-4-14(35)26(41)42)11-51-57(48,49)54-56(46,47)50-10-15-20(53-55(43,44)45)19(38)25(52-15)34-13-33-18-22(28)31-12-32-23(18)34/h3-5,12-13,15,19-21,25,35,38-39H,6-11H2,1-2H3,(H,29,36)(H,30,40)(H,41,42)(H,46,47)(H,48,49)(H2,28,31,32)(H2,43,44,45)/b5-3+,14-4-/t15-,19-,20-,21+,25-/m1/s1. The lowest BCUT2D eigenvalue weighted by Gasteiger charge is -2.30. The Morgan fingerprint density at radius 3 is 2.38 bits per heavy atom. The minimum atomic E-state index is -5.60. The highest BCUT2D eigenvalue weighted by Crippen LogP contribution is 2.61. The third-order valence-electron chi connectivity index (χ3n) is 7.45. The number of aliphatic carboxylic acids is 1. The number of phosphoric ester groups is 3. The first-order valence-corrected chi connectivity index (χ1v) is 21.7. The number of hydrogen-bond donors (Lipinski definition) is 11. The number of thioether (sulfide) groups is 1. The van der Waals surface area contributed by atoms with Crippen molar-refractivity contribution in [2.75, 3.05) is 37.8 Å². The Morgan fingerprint density at radius 1 is 1.05 bits per heavy atom. The second-order valence-electron chi connectivity index (χ2n) is 12.5. The number of allylic oxidation sites excluding steroid dienone is 2. The molecule has 2 unspecified atom stereocenters. The van der Waals surface area contributed by atoms with Gasteiger partial charge in [-0.2, -0.15) is 4.31 Å². The molecule has 58 heavy (non-hydrogen) atoms. The van der Waals surface area contributed by atoms with Crippen molar-refractivity contribution in [1.82, 2.24) is 30.2 Å². The van der Waals surface area contributed by atoms with Crippen molar-refractivity contribution < 1.29 is 95.5 Å². The number of carboxylic acids is 1. The van der Waals surface area contributed by atoms with Gasteiger partial charge in [-0.25, -0.2) is 33.4 Å². The zero-order valence-electron chi connectivity index (χ0n) is 30.1. The van der Waals surface area contributed by atoms with E-state index in [4.69, 9.17) is 29.7 Å². The zero-order chi connectivity index (χ0) is 43.6. The summed E-state index contributed by atoms with van der Waals surface area (Å²) in [6.45, 7) is 0.101. The Kier molecular flexibility index (Phi) is 17.2. The van der Waals surface area contributed by atoms with Crippen molar-refractivity contribution >= 4 is 75.1 Å². The fourth-order valence-corrected chi connectivity index (χ4v) is 8.03. The van der Waals surface area contributed by atoms with Crippen molar-refractivity contribution in [3.8, 4) is 0 Å². The van der Waals surface area contributed by atoms with Gasteiger partial charge in [-0.05, 0) is 12.2 Å². The van der Waals surface area contributed by atoms with E-state index >= 15 is 0 Å². The molecule has 12 N–H and O–H groups in total. The minimum absolute atomic E-state index is 0.0141. The molecule has 7 atom stereocenters. The van der Waals surface area contributed by atoms with E-state index in [9.17, 15) is 62.7 Å². The molecular weight excluding hydrogens is 867 g/mol. The summed E-state index contributed by atoms with van der Waals surface area (Å²) in [6, 6.07) is 0. The SMILES string of the molecule is CC(C)(COP(=O)(O)OP(=O)(O)OC[C@H]1O[C@@H](n2cnc3c(N)ncnc32)[C@H](O)[C@@H]1OP(=O)(O)O)[C@@H](O)C(=O)NCCC(=O)NCCSC(=O)/C=C/C=C(\O)C(=O)O. The van der Waals surface area contributed by atoms with Gasteiger partial charge in [0.1, 0.15) is 36.3 Å². The molecule has 27 nitrogen and oxygen atoms in total. The molecular formula is C27H40N7O20P3S. The summed E-state index contributed by atoms with van der Waals surface area (Å²) in [6.07, 6.45) is -4.32. The highest BCUT2D eigenvalue weighted by atomic mass is 32.2. The van der Waals surface area contributed by atoms with E-state index in [-0.39, 0.29) is 42.2 Å². The van der Waals surface area contributed by atoms with Crippen LogP contribution in [-0.2, 0) is 55.5 Å². The van der Waals surface area contributed by atoms with Gasteiger partial charge in [-0.15, -0.1) is 0 Å². The smallest absolute Gasteiger partial charge is 0.481 e. The van der Waals surface area contributed by atoms with Gasteiger partial charge in [0.2, 0.25) is 22.7 Å². The van der Waals surface area contributed by atoms with Crippen molar-refractivity contribution in [3.05, 3.63) is 36.6 Å². The number of aliphatic hydroxyl groups excluding tert-OH is 3. The van der Waals surface area contributed by atoms with E-state index in [1.54, 1.807) is 0 Å². The number of rotatable bonds is 22. The first-order valence-electron chi connectivity index (χ1n) is 16.2. The number of fused-ring (bicyclic) bond motifs is 1. The van der Waals surface area contributed by atoms with Gasteiger partial charge in [0.15, 0.2) is 17.7 Å². The number of carbonyl (C=O) groups excluding carboxylic acids is 3. The number of nitrogens with two attached hydrogens (primary N) is 1. The van der Waals surface area contributed by atoms with Crippen LogP contribution < -0.4 is 16.4 Å². The third-order valence-corrected chi connectivity index (χ3v) is 11.4. The van der Waals surface area contributed by atoms with Crippen LogP contribution in [0, 0.1) is 5.41 Å². The molecule has 0 spiro atoms. The van der Waals surface area contributed by atoms with Crippen LogP contribution in [0.3, 0.4) is 0 Å². The molecule has 0 bridgehead atoms. The molecule has 3 rings (SSSR count). The molecule has 1 aliphatic rings. The average Bonchev–Trinajstić information content (AvgIpc) is 3.68. The third kappa shape index (κ3) is 14.8. The van der Waals surface area contributed by atoms with E-state index in [1.807, 2.05) is 0 Å². The summed E-state index contributed by atoms with van der Waals surface area (Å²) < 4.78 is 61.9. The Hall–Kier alpha value is -3.69. The van der Waals surface area contributed by atoms with Crippen LogP contribution in [0.4, 0.5) is 5.82 Å². The molecule has 3 heterocycles. The molecule has 1 fully saturated rings. The number of amides is 2. The number of phosphoric acid groups is 3. The average molecular weight is 908 g/mol. The second kappa shape index (κ2) is 20.5.